The van der Waals surface area contributed by atoms with E-state index in [1.807, 2.05) is 11.3 Å². The topological polar surface area (TPSA) is 53.6 Å². The summed E-state index contributed by atoms with van der Waals surface area (Å²) in [5, 5.41) is 6.22. The summed E-state index contributed by atoms with van der Waals surface area (Å²) in [6.45, 7) is 8.23. The molecule has 5 rings (SSSR count). The number of thiophene rings is 1. The highest BCUT2D eigenvalue weighted by molar-refractivity contribution is 7.12. The lowest BCUT2D eigenvalue weighted by Gasteiger charge is -2.47. The summed E-state index contributed by atoms with van der Waals surface area (Å²) in [6.07, 6.45) is 5.17. The van der Waals surface area contributed by atoms with Gasteiger partial charge in [0.1, 0.15) is 6.04 Å². The first kappa shape index (κ1) is 21.0. The van der Waals surface area contributed by atoms with E-state index in [0.29, 0.717) is 6.04 Å². The third-order valence-electron chi connectivity index (χ3n) is 7.19. The molecule has 166 valence electrons. The van der Waals surface area contributed by atoms with Gasteiger partial charge in [-0.15, -0.1) is 11.3 Å². The van der Waals surface area contributed by atoms with Crippen LogP contribution in [0.1, 0.15) is 54.0 Å². The van der Waals surface area contributed by atoms with Gasteiger partial charge in [0.05, 0.1) is 12.2 Å². The number of amides is 1. The molecule has 1 aromatic carbocycles. The van der Waals surface area contributed by atoms with E-state index in [-0.39, 0.29) is 17.6 Å². The van der Waals surface area contributed by atoms with Crippen molar-refractivity contribution in [3.05, 3.63) is 51.2 Å². The fraction of sp³-hybridized carbons (Fsp3) is 0.560. The van der Waals surface area contributed by atoms with E-state index in [4.69, 9.17) is 4.74 Å². The number of likely N-dealkylation sites (tertiary alicyclic amines) is 1. The highest BCUT2D eigenvalue weighted by atomic mass is 32.1. The number of aryl methyl sites for hydroxylation is 1. The second-order valence-corrected chi connectivity index (χ2v) is 10.5. The Morgan fingerprint density at radius 1 is 1.32 bits per heavy atom. The number of benzene rings is 1. The maximum absolute atomic E-state index is 11.8. The van der Waals surface area contributed by atoms with Crippen LogP contribution in [0.5, 0.6) is 0 Å². The first-order valence-corrected chi connectivity index (χ1v) is 12.5. The van der Waals surface area contributed by atoms with E-state index in [9.17, 15) is 4.79 Å². The molecule has 3 aliphatic rings. The van der Waals surface area contributed by atoms with Crippen LogP contribution in [0.2, 0.25) is 0 Å². The number of piperidine rings is 1. The molecule has 1 spiro atoms. The van der Waals surface area contributed by atoms with Crippen molar-refractivity contribution in [2.75, 3.05) is 25.0 Å². The Kier molecular flexibility index (Phi) is 5.80. The normalized spacial score (nSPS) is 28.5. The third-order valence-corrected chi connectivity index (χ3v) is 8.53. The molecule has 4 heterocycles. The summed E-state index contributed by atoms with van der Waals surface area (Å²) in [6, 6.07) is 11.4. The standard InChI is InChI=1S/C25H33N3O2S/c1-3-20-14-21-23(31-20)9-13-30-25(21)10-12-28(17(2)15-25)16-18-4-6-19(7-5-18)27-22-8-11-26-24(22)29/h4-7,14,17,22,27H,3,8-13,15-16H2,1-2H3,(H,26,29)/t17-,22-,25+/m0/s1. The molecule has 0 aliphatic carbocycles. The smallest absolute Gasteiger partial charge is 0.242 e. The van der Waals surface area contributed by atoms with Gasteiger partial charge in [-0.1, -0.05) is 19.1 Å². The Morgan fingerprint density at radius 3 is 2.87 bits per heavy atom. The second kappa shape index (κ2) is 8.57. The minimum absolute atomic E-state index is 0.0803. The molecule has 6 heteroatoms. The van der Waals surface area contributed by atoms with Crippen molar-refractivity contribution in [2.45, 2.75) is 70.2 Å². The predicted molar refractivity (Wildman–Crippen MR) is 126 cm³/mol. The van der Waals surface area contributed by atoms with Gasteiger partial charge in [0.2, 0.25) is 5.91 Å². The second-order valence-electron chi connectivity index (χ2n) is 9.24. The van der Waals surface area contributed by atoms with Gasteiger partial charge in [-0.2, -0.15) is 0 Å². The van der Waals surface area contributed by atoms with E-state index < -0.39 is 0 Å². The number of hydrogen-bond acceptors (Lipinski definition) is 5. The Morgan fingerprint density at radius 2 is 2.16 bits per heavy atom. The van der Waals surface area contributed by atoms with Gasteiger partial charge < -0.3 is 15.4 Å². The summed E-state index contributed by atoms with van der Waals surface area (Å²) in [4.78, 5) is 17.4. The number of nitrogens with zero attached hydrogens (tertiary/aromatic N) is 1. The number of nitrogens with one attached hydrogen (secondary N) is 2. The lowest BCUT2D eigenvalue weighted by Crippen LogP contribution is -2.50. The quantitative estimate of drug-likeness (QED) is 0.738. The van der Waals surface area contributed by atoms with Gasteiger partial charge in [0.15, 0.2) is 0 Å². The Balaban J connectivity index is 1.23. The minimum atomic E-state index is -0.102. The van der Waals surface area contributed by atoms with Crippen molar-refractivity contribution in [2.24, 2.45) is 0 Å². The molecule has 1 aromatic heterocycles. The maximum Gasteiger partial charge on any atom is 0.242 e. The van der Waals surface area contributed by atoms with E-state index in [0.717, 1.165) is 64.0 Å². The van der Waals surface area contributed by atoms with Crippen molar-refractivity contribution >= 4 is 22.9 Å². The monoisotopic (exact) mass is 439 g/mol. The molecule has 3 aliphatic heterocycles. The highest BCUT2D eigenvalue weighted by Crippen LogP contribution is 2.46. The first-order chi connectivity index (χ1) is 15.1. The predicted octanol–water partition coefficient (Wildman–Crippen LogP) is 4.06. The van der Waals surface area contributed by atoms with Gasteiger partial charge >= 0.3 is 0 Å². The molecule has 2 fully saturated rings. The van der Waals surface area contributed by atoms with Gasteiger partial charge in [0.25, 0.3) is 0 Å². The fourth-order valence-corrected chi connectivity index (χ4v) is 6.56. The molecular weight excluding hydrogens is 406 g/mol. The summed E-state index contributed by atoms with van der Waals surface area (Å²) in [5.74, 6) is 0.102. The van der Waals surface area contributed by atoms with Crippen LogP contribution in [0.15, 0.2) is 30.3 Å². The largest absolute Gasteiger partial charge is 0.374 e. The molecule has 1 amide bonds. The Labute approximate surface area is 189 Å². The summed E-state index contributed by atoms with van der Waals surface area (Å²) < 4.78 is 6.49. The van der Waals surface area contributed by atoms with E-state index in [1.165, 1.54) is 16.0 Å². The summed E-state index contributed by atoms with van der Waals surface area (Å²) >= 11 is 2.00. The van der Waals surface area contributed by atoms with Crippen molar-refractivity contribution in [1.29, 1.82) is 0 Å². The van der Waals surface area contributed by atoms with Crippen molar-refractivity contribution < 1.29 is 9.53 Å². The lowest BCUT2D eigenvalue weighted by atomic mass is 9.79. The van der Waals surface area contributed by atoms with Crippen LogP contribution >= 0.6 is 11.3 Å². The number of anilines is 1. The average molecular weight is 440 g/mol. The van der Waals surface area contributed by atoms with Crippen molar-refractivity contribution in [1.82, 2.24) is 10.2 Å². The molecule has 3 atom stereocenters. The number of rotatable bonds is 5. The van der Waals surface area contributed by atoms with Crippen LogP contribution in [-0.2, 0) is 34.5 Å². The molecule has 2 aromatic rings. The van der Waals surface area contributed by atoms with E-state index >= 15 is 0 Å². The zero-order valence-corrected chi connectivity index (χ0v) is 19.4. The van der Waals surface area contributed by atoms with Gasteiger partial charge in [0, 0.05) is 47.5 Å². The lowest BCUT2D eigenvalue weighted by molar-refractivity contribution is -0.119. The molecule has 2 N–H and O–H groups in total. The van der Waals surface area contributed by atoms with Crippen molar-refractivity contribution in [3.63, 3.8) is 0 Å². The number of carbonyl (C=O) groups is 1. The molecule has 31 heavy (non-hydrogen) atoms. The zero-order valence-electron chi connectivity index (χ0n) is 18.6. The minimum Gasteiger partial charge on any atom is -0.374 e. The number of hydrogen-bond donors (Lipinski definition) is 2. The van der Waals surface area contributed by atoms with Crippen LogP contribution in [0.4, 0.5) is 5.69 Å². The highest BCUT2D eigenvalue weighted by Gasteiger charge is 2.44. The Hall–Kier alpha value is -1.89. The van der Waals surface area contributed by atoms with Crippen molar-refractivity contribution in [3.8, 4) is 0 Å². The third kappa shape index (κ3) is 4.13. The van der Waals surface area contributed by atoms with E-state index in [2.05, 4.69) is 59.7 Å². The van der Waals surface area contributed by atoms with Crippen LogP contribution in [0, 0.1) is 0 Å². The Bertz CT molecular complexity index is 941. The molecule has 0 radical (unpaired) electrons. The number of carbonyl (C=O) groups excluding carboxylic acids is 1. The average Bonchev–Trinajstić information content (AvgIpc) is 3.38. The molecule has 0 saturated carbocycles. The van der Waals surface area contributed by atoms with Crippen LogP contribution in [-0.4, -0.2) is 42.6 Å². The molecule has 2 saturated heterocycles. The number of ether oxygens (including phenoxy) is 1. The number of fused-ring (bicyclic) bond motifs is 2. The van der Waals surface area contributed by atoms with Gasteiger partial charge in [-0.05, 0) is 61.9 Å². The molecule has 0 bridgehead atoms. The molecular formula is C25H33N3O2S. The van der Waals surface area contributed by atoms with Gasteiger partial charge in [-0.3, -0.25) is 9.69 Å². The maximum atomic E-state index is 11.8. The molecule has 5 nitrogen and oxygen atoms in total. The first-order valence-electron chi connectivity index (χ1n) is 11.7. The van der Waals surface area contributed by atoms with Crippen LogP contribution in [0.25, 0.3) is 0 Å². The summed E-state index contributed by atoms with van der Waals surface area (Å²) in [5.41, 5.74) is 3.74. The van der Waals surface area contributed by atoms with Crippen LogP contribution in [0.3, 0.4) is 0 Å². The molecule has 0 unspecified atom stereocenters. The SMILES string of the molecule is CCc1cc2c(s1)CCO[C@@]21CCN(Cc2ccc(N[C@H]3CCNC3=O)cc2)[C@@H](C)C1. The zero-order chi connectivity index (χ0) is 21.4. The summed E-state index contributed by atoms with van der Waals surface area (Å²) in [7, 11) is 0. The van der Waals surface area contributed by atoms with E-state index in [1.54, 1.807) is 4.88 Å². The fourth-order valence-electron chi connectivity index (χ4n) is 5.38. The van der Waals surface area contributed by atoms with Crippen LogP contribution < -0.4 is 10.6 Å². The van der Waals surface area contributed by atoms with Gasteiger partial charge in [-0.25, -0.2) is 0 Å².